The largest absolute Gasteiger partial charge is 1.00 e. The second-order valence-corrected chi connectivity index (χ2v) is 17.9. The molecule has 23 heteroatoms. The van der Waals surface area contributed by atoms with Gasteiger partial charge in [-0.25, -0.2) is 36.7 Å². The Balaban J connectivity index is 0.000000269. The molecule has 2 aromatic carbocycles. The van der Waals surface area contributed by atoms with Crippen molar-refractivity contribution in [2.75, 3.05) is 38.5 Å². The molecule has 4 aliphatic rings. The first-order valence-corrected chi connectivity index (χ1v) is 21.9. The third-order valence-electron chi connectivity index (χ3n) is 10.2. The predicted molar refractivity (Wildman–Crippen MR) is 222 cm³/mol. The number of carboxylic acids is 1. The van der Waals surface area contributed by atoms with Gasteiger partial charge in [0, 0.05) is 61.2 Å². The topological polar surface area (TPSA) is 292 Å². The van der Waals surface area contributed by atoms with Gasteiger partial charge >= 0.3 is 29.6 Å². The molecule has 7 N–H and O–H groups in total. The maximum atomic E-state index is 12.9. The van der Waals surface area contributed by atoms with Crippen LogP contribution < -0.4 is 50.2 Å². The number of sulfonamides is 2. The van der Waals surface area contributed by atoms with Gasteiger partial charge in [0.25, 0.3) is 26.0 Å². The summed E-state index contributed by atoms with van der Waals surface area (Å²) in [5.74, 6) is -0.194. The van der Waals surface area contributed by atoms with Crippen LogP contribution in [0.2, 0.25) is 0 Å². The summed E-state index contributed by atoms with van der Waals surface area (Å²) in [5, 5.41) is 31.9. The summed E-state index contributed by atoms with van der Waals surface area (Å²) in [4.78, 5) is 26.1. The Hall–Kier alpha value is -4.35. The summed E-state index contributed by atoms with van der Waals surface area (Å²) in [6, 6.07) is 9.56. The molecule has 59 heavy (non-hydrogen) atoms. The van der Waals surface area contributed by atoms with E-state index in [4.69, 9.17) is 25.7 Å². The SMILES string of the molecule is CC(=O)O.CCN=C(NS(=O)(=O)c1ccc(N)c(C)c1)N1CC2(CCCC2)CN1.CCN=C(NS(=O)(=O)c1ccc2[nH]ncc2c1)N1CC2(C=N1)CCCC2.O=N[O-].[Na+]. The van der Waals surface area contributed by atoms with Crippen LogP contribution in [0.1, 0.15) is 77.7 Å². The first-order chi connectivity index (χ1) is 27.5. The van der Waals surface area contributed by atoms with Crippen molar-refractivity contribution in [2.45, 2.75) is 88.9 Å². The molecule has 0 unspecified atom stereocenters. The van der Waals surface area contributed by atoms with E-state index in [2.05, 4.69) is 40.2 Å². The van der Waals surface area contributed by atoms with Crippen molar-refractivity contribution in [1.29, 1.82) is 0 Å². The number of benzene rings is 2. The maximum absolute atomic E-state index is 12.9. The van der Waals surface area contributed by atoms with Gasteiger partial charge in [-0.1, -0.05) is 25.7 Å². The van der Waals surface area contributed by atoms with Crippen LogP contribution in [-0.4, -0.2) is 99.0 Å². The zero-order valence-corrected chi connectivity index (χ0v) is 37.8. The van der Waals surface area contributed by atoms with Crippen molar-refractivity contribution in [3.05, 3.63) is 58.3 Å². The van der Waals surface area contributed by atoms with E-state index in [0.717, 1.165) is 54.7 Å². The monoisotopic (exact) mass is 868 g/mol. The molecule has 20 nitrogen and oxygen atoms in total. The number of aryl methyl sites for hydroxylation is 1. The fraction of sp³-hybridized carbons (Fsp3) is 0.528. The van der Waals surface area contributed by atoms with Crippen molar-refractivity contribution < 1.29 is 56.3 Å². The Bertz CT molecular complexity index is 2200. The van der Waals surface area contributed by atoms with Crippen LogP contribution in [0.4, 0.5) is 5.69 Å². The quantitative estimate of drug-likeness (QED) is 0.0505. The number of H-pyrrole nitrogens is 1. The number of aromatic amines is 1. The van der Waals surface area contributed by atoms with Crippen LogP contribution in [0.25, 0.3) is 10.9 Å². The summed E-state index contributed by atoms with van der Waals surface area (Å²) in [5.41, 5.74) is 11.5. The molecule has 0 radical (unpaired) electrons. The first-order valence-electron chi connectivity index (χ1n) is 18.9. The molecule has 3 heterocycles. The number of aliphatic carboxylic acids is 1. The zero-order valence-electron chi connectivity index (χ0n) is 34.1. The van der Waals surface area contributed by atoms with E-state index in [-0.39, 0.29) is 56.1 Å². The molecule has 1 aromatic heterocycles. The van der Waals surface area contributed by atoms with Crippen LogP contribution in [0.5, 0.6) is 0 Å². The van der Waals surface area contributed by atoms with Crippen molar-refractivity contribution in [3.8, 4) is 0 Å². The van der Waals surface area contributed by atoms with Crippen molar-refractivity contribution in [2.24, 2.45) is 31.3 Å². The second-order valence-electron chi connectivity index (χ2n) is 14.5. The molecule has 2 aliphatic carbocycles. The van der Waals surface area contributed by atoms with Gasteiger partial charge in [-0.15, -0.1) is 5.34 Å². The molecule has 0 atom stereocenters. The second kappa shape index (κ2) is 21.8. The number of nitrogens with zero attached hydrogens (tertiary/aromatic N) is 7. The van der Waals surface area contributed by atoms with Gasteiger partial charge in [-0.3, -0.25) is 24.9 Å². The van der Waals surface area contributed by atoms with Gasteiger partial charge in [-0.2, -0.15) is 10.2 Å². The molecule has 318 valence electrons. The van der Waals surface area contributed by atoms with E-state index < -0.39 is 26.0 Å². The molecule has 2 spiro atoms. The average Bonchev–Trinajstić information content (AvgIpc) is 4.03. The van der Waals surface area contributed by atoms with Gasteiger partial charge in [0.15, 0.2) is 0 Å². The molecule has 7 rings (SSSR count). The molecule has 2 aliphatic heterocycles. The number of hydrogen-bond acceptors (Lipinski definition) is 14. The van der Waals surface area contributed by atoms with Gasteiger partial charge in [0.1, 0.15) is 0 Å². The number of hydrazine groups is 1. The number of nitrogen functional groups attached to an aromatic ring is 1. The molecule has 3 aromatic rings. The summed E-state index contributed by atoms with van der Waals surface area (Å²) < 4.78 is 56.5. The first kappa shape index (κ1) is 49.0. The molecular weight excluding hydrogens is 816 g/mol. The van der Waals surface area contributed by atoms with E-state index in [1.54, 1.807) is 48.5 Å². The smallest absolute Gasteiger partial charge is 0.481 e. The number of fused-ring (bicyclic) bond motifs is 1. The molecule has 0 bridgehead atoms. The van der Waals surface area contributed by atoms with E-state index in [0.29, 0.717) is 31.3 Å². The number of carboxylic acid groups (broad SMARTS) is 1. The fourth-order valence-corrected chi connectivity index (χ4v) is 9.46. The van der Waals surface area contributed by atoms with Crippen molar-refractivity contribution in [1.82, 2.24) is 35.1 Å². The van der Waals surface area contributed by atoms with Gasteiger partial charge in [0.2, 0.25) is 11.9 Å². The summed E-state index contributed by atoms with van der Waals surface area (Å²) in [7, 11) is -7.47. The number of guanidine groups is 2. The number of nitrogens with two attached hydrogens (primary N) is 1. The van der Waals surface area contributed by atoms with Crippen LogP contribution in [-0.2, 0) is 24.8 Å². The molecule has 1 saturated heterocycles. The average molecular weight is 869 g/mol. The van der Waals surface area contributed by atoms with Gasteiger partial charge in [-0.05, 0) is 88.4 Å². The summed E-state index contributed by atoms with van der Waals surface area (Å²) >= 11 is 0. The third kappa shape index (κ3) is 13.3. The molecule has 0 amide bonds. The summed E-state index contributed by atoms with van der Waals surface area (Å²) in [6.07, 6.45) is 13.0. The minimum Gasteiger partial charge on any atom is -0.481 e. The minimum absolute atomic E-state index is 0. The Labute approximate surface area is 366 Å². The number of anilines is 1. The predicted octanol–water partition coefficient (Wildman–Crippen LogP) is 1.04. The van der Waals surface area contributed by atoms with Gasteiger partial charge < -0.3 is 21.0 Å². The van der Waals surface area contributed by atoms with Crippen molar-refractivity contribution in [3.63, 3.8) is 0 Å². The molecular formula is C36H53N12NaO8S2. The van der Waals surface area contributed by atoms with Crippen LogP contribution in [0.15, 0.2) is 72.8 Å². The standard InChI is InChI=1S/C17H22N6O2S.C17H27N5O2S.C2H4O2.HNO2.Na/c1-2-18-16(23-12-17(11-20-23)7-3-4-8-17)22-26(24,25)14-5-6-15-13(9-14)10-19-21-15;1-3-19-16(22-12-17(11-20-22)8-4-5-9-17)21-25(23,24)14-6-7-15(18)13(2)10-14;1-2(3)4;2-1-3;/h5-6,9-11H,2-4,7-8,12H2,1H3,(H,18,22)(H,19,21);6-7,10,20H,3-5,8-9,11-12,18H2,1-2H3,(H,19,21);1H3,(H,3,4);(H,2,3);/q;;;;+1/p-1. The van der Waals surface area contributed by atoms with Crippen molar-refractivity contribution >= 4 is 60.7 Å². The van der Waals surface area contributed by atoms with Crippen LogP contribution in [0, 0.1) is 27.9 Å². The van der Waals surface area contributed by atoms with E-state index >= 15 is 0 Å². The van der Waals surface area contributed by atoms with Crippen LogP contribution in [0.3, 0.4) is 0 Å². The zero-order chi connectivity index (χ0) is 42.6. The Morgan fingerprint density at radius 3 is 2.07 bits per heavy atom. The Morgan fingerprint density at radius 1 is 0.932 bits per heavy atom. The number of rotatable bonds is 6. The fourth-order valence-electron chi connectivity index (χ4n) is 7.29. The number of aliphatic imine (C=N–C) groups is 2. The normalized spacial score (nSPS) is 18.0. The number of nitrogens with one attached hydrogen (secondary N) is 4. The van der Waals surface area contributed by atoms with Crippen LogP contribution >= 0.6 is 0 Å². The number of aromatic nitrogens is 2. The Kier molecular flexibility index (Phi) is 18.1. The van der Waals surface area contributed by atoms with E-state index in [9.17, 15) is 16.8 Å². The summed E-state index contributed by atoms with van der Waals surface area (Å²) in [6.45, 7) is 9.95. The molecule has 3 fully saturated rings. The van der Waals surface area contributed by atoms with Gasteiger partial charge in [0.05, 0.1) is 28.0 Å². The number of carbonyl (C=O) groups is 1. The van der Waals surface area contributed by atoms with E-state index in [1.807, 2.05) is 25.1 Å². The maximum Gasteiger partial charge on any atom is 1.00 e. The third-order valence-corrected chi connectivity index (χ3v) is 12.8. The number of hydrazone groups is 1. The van der Waals surface area contributed by atoms with E-state index in [1.165, 1.54) is 44.6 Å². The molecule has 2 saturated carbocycles. The minimum atomic E-state index is -3.76. The Morgan fingerprint density at radius 2 is 1.47 bits per heavy atom. The number of hydrogen-bond donors (Lipinski definition) is 6.